The smallest absolute Gasteiger partial charge is 0.0742 e. The van der Waals surface area contributed by atoms with Gasteiger partial charge in [0.2, 0.25) is 0 Å². The highest BCUT2D eigenvalue weighted by molar-refractivity contribution is 5.91. The van der Waals surface area contributed by atoms with Crippen molar-refractivity contribution in [2.45, 2.75) is 10.8 Å². The number of anilines is 8. The molecule has 0 aromatic heterocycles. The lowest BCUT2D eigenvalue weighted by molar-refractivity contribution is 0.731. The van der Waals surface area contributed by atoms with Gasteiger partial charge in [-0.25, -0.2) is 0 Å². The molecule has 0 N–H and O–H groups in total. The normalized spacial score (nSPS) is 14.0. The maximum atomic E-state index is 2.44. The van der Waals surface area contributed by atoms with Gasteiger partial charge in [-0.2, -0.15) is 0 Å². The largest absolute Gasteiger partial charge is 0.345 e. The molecule has 0 spiro atoms. The summed E-state index contributed by atoms with van der Waals surface area (Å²) in [6.07, 6.45) is 0. The van der Waals surface area contributed by atoms with E-state index in [0.29, 0.717) is 0 Å². The van der Waals surface area contributed by atoms with E-state index in [0.717, 1.165) is 22.7 Å². The number of hydrogen-bond acceptors (Lipinski definition) is 3. The van der Waals surface area contributed by atoms with Crippen LogP contribution in [0, 0.1) is 0 Å². The summed E-state index contributed by atoms with van der Waals surface area (Å²) in [7, 11) is 2.16. The predicted molar refractivity (Wildman–Crippen MR) is 274 cm³/mol. The van der Waals surface area contributed by atoms with Crippen molar-refractivity contribution in [3.63, 3.8) is 0 Å². The molecule has 3 heteroatoms. The van der Waals surface area contributed by atoms with E-state index in [1.165, 1.54) is 67.3 Å². The van der Waals surface area contributed by atoms with Gasteiger partial charge < -0.3 is 14.7 Å². The van der Waals surface area contributed by atoms with E-state index in [4.69, 9.17) is 0 Å². The van der Waals surface area contributed by atoms with Gasteiger partial charge in [-0.15, -0.1) is 0 Å². The van der Waals surface area contributed by atoms with Crippen molar-refractivity contribution in [2.75, 3.05) is 21.7 Å². The summed E-state index contributed by atoms with van der Waals surface area (Å²) in [6.45, 7) is 0. The average Bonchev–Trinajstić information content (AvgIpc) is 3.40. The summed E-state index contributed by atoms with van der Waals surface area (Å²) >= 11 is 0. The van der Waals surface area contributed by atoms with E-state index in [1.54, 1.807) is 0 Å². The van der Waals surface area contributed by atoms with Crippen LogP contribution in [0.1, 0.15) is 44.5 Å². The molecule has 12 rings (SSSR count). The molecule has 314 valence electrons. The van der Waals surface area contributed by atoms with Crippen LogP contribution in [0.4, 0.5) is 45.5 Å². The fraction of sp³-hybridized carbons (Fsp3) is 0.0476. The second kappa shape index (κ2) is 16.0. The number of fused-ring (bicyclic) bond motifs is 4. The molecule has 10 aromatic rings. The topological polar surface area (TPSA) is 9.72 Å². The van der Waals surface area contributed by atoms with E-state index >= 15 is 0 Å². The quantitative estimate of drug-likeness (QED) is 0.151. The third-order valence-electron chi connectivity index (χ3n) is 14.0. The zero-order valence-electron chi connectivity index (χ0n) is 36.7. The van der Waals surface area contributed by atoms with Gasteiger partial charge in [0.15, 0.2) is 0 Å². The Kier molecular flexibility index (Phi) is 9.50. The molecule has 0 aliphatic carbocycles. The minimum atomic E-state index is -0.496. The van der Waals surface area contributed by atoms with Crippen molar-refractivity contribution in [1.29, 1.82) is 0 Å². The van der Waals surface area contributed by atoms with Crippen molar-refractivity contribution in [3.05, 3.63) is 311 Å². The van der Waals surface area contributed by atoms with Crippen LogP contribution in [0.2, 0.25) is 0 Å². The molecule has 10 aromatic carbocycles. The Balaban J connectivity index is 0.903. The molecule has 3 nitrogen and oxygen atoms in total. The van der Waals surface area contributed by atoms with Crippen LogP contribution >= 0.6 is 0 Å². The Morgan fingerprint density at radius 1 is 0.258 bits per heavy atom. The SMILES string of the molecule is CN(c1ccc(N2c3ccccc3C(c3ccccc3)(c3ccccc3)c3ccccc32)cc1)c1ccc(N2c3ccccc3C(c3ccccc3)(c3ccccc3)c3ccccc32)cc1. The van der Waals surface area contributed by atoms with Gasteiger partial charge in [-0.05, 0) is 117 Å². The van der Waals surface area contributed by atoms with Crippen LogP contribution < -0.4 is 14.7 Å². The first-order valence-electron chi connectivity index (χ1n) is 22.8. The van der Waals surface area contributed by atoms with Crippen molar-refractivity contribution < 1.29 is 0 Å². The highest BCUT2D eigenvalue weighted by atomic mass is 15.2. The molecule has 66 heavy (non-hydrogen) atoms. The molecule has 0 saturated carbocycles. The molecular formula is C63H47N3. The number of hydrogen-bond donors (Lipinski definition) is 0. The second-order valence-corrected chi connectivity index (χ2v) is 17.3. The van der Waals surface area contributed by atoms with Gasteiger partial charge >= 0.3 is 0 Å². The first-order valence-corrected chi connectivity index (χ1v) is 22.8. The van der Waals surface area contributed by atoms with Crippen molar-refractivity contribution in [2.24, 2.45) is 0 Å². The van der Waals surface area contributed by atoms with Gasteiger partial charge in [-0.1, -0.05) is 194 Å². The van der Waals surface area contributed by atoms with Crippen LogP contribution in [-0.2, 0) is 10.8 Å². The molecule has 0 radical (unpaired) electrons. The highest BCUT2D eigenvalue weighted by Crippen LogP contribution is 2.59. The van der Waals surface area contributed by atoms with Gasteiger partial charge in [0.25, 0.3) is 0 Å². The third kappa shape index (κ3) is 5.90. The Morgan fingerprint density at radius 3 is 0.742 bits per heavy atom. The van der Waals surface area contributed by atoms with Crippen LogP contribution in [0.25, 0.3) is 0 Å². The van der Waals surface area contributed by atoms with Crippen LogP contribution in [0.3, 0.4) is 0 Å². The van der Waals surface area contributed by atoms with Crippen LogP contribution in [-0.4, -0.2) is 7.05 Å². The summed E-state index contributed by atoms with van der Waals surface area (Å²) < 4.78 is 0. The number of benzene rings is 10. The number of para-hydroxylation sites is 4. The Labute approximate surface area is 387 Å². The van der Waals surface area contributed by atoms with E-state index in [-0.39, 0.29) is 0 Å². The van der Waals surface area contributed by atoms with E-state index in [2.05, 4.69) is 289 Å². The lowest BCUT2D eigenvalue weighted by atomic mass is 9.62. The summed E-state index contributed by atoms with van der Waals surface area (Å²) in [5.41, 5.74) is 18.2. The Hall–Kier alpha value is -8.40. The molecule has 0 unspecified atom stereocenters. The molecule has 2 aliphatic rings. The fourth-order valence-corrected chi connectivity index (χ4v) is 11.2. The molecule has 0 amide bonds. The first kappa shape index (κ1) is 39.2. The molecule has 2 heterocycles. The second-order valence-electron chi connectivity index (χ2n) is 17.3. The zero-order valence-corrected chi connectivity index (χ0v) is 36.7. The number of nitrogens with zero attached hydrogens (tertiary/aromatic N) is 3. The van der Waals surface area contributed by atoms with Gasteiger partial charge in [0, 0.05) is 29.8 Å². The minimum Gasteiger partial charge on any atom is -0.345 e. The average molecular weight is 846 g/mol. The molecule has 0 fully saturated rings. The van der Waals surface area contributed by atoms with Crippen molar-refractivity contribution in [3.8, 4) is 0 Å². The molecule has 0 bridgehead atoms. The third-order valence-corrected chi connectivity index (χ3v) is 14.0. The van der Waals surface area contributed by atoms with E-state index in [1.807, 2.05) is 0 Å². The Bertz CT molecular complexity index is 2910. The monoisotopic (exact) mass is 845 g/mol. The van der Waals surface area contributed by atoms with Crippen molar-refractivity contribution >= 4 is 45.5 Å². The minimum absolute atomic E-state index is 0.496. The van der Waals surface area contributed by atoms with Crippen molar-refractivity contribution in [1.82, 2.24) is 0 Å². The fourth-order valence-electron chi connectivity index (χ4n) is 11.2. The Morgan fingerprint density at radius 2 is 0.485 bits per heavy atom. The van der Waals surface area contributed by atoms with Gasteiger partial charge in [0.1, 0.15) is 0 Å². The van der Waals surface area contributed by atoms with Gasteiger partial charge in [0.05, 0.1) is 33.6 Å². The standard InChI is InChI=1S/C63H47N3/c1-64(50-38-42-52(43-39-50)65-58-34-18-14-30-54(58)62(46-22-6-2-7-23-46,47-24-8-3-9-25-47)55-31-15-19-35-59(55)65)51-40-44-53(45-41-51)66-60-36-20-16-32-56(60)63(48-26-10-4-11-27-48,49-28-12-5-13-29-49)57-33-17-21-37-61(57)66/h2-45H,1H3. The van der Waals surface area contributed by atoms with E-state index < -0.39 is 10.8 Å². The first-order chi connectivity index (χ1) is 32.7. The maximum Gasteiger partial charge on any atom is 0.0742 e. The van der Waals surface area contributed by atoms with Gasteiger partial charge in [-0.3, -0.25) is 0 Å². The zero-order chi connectivity index (χ0) is 44.1. The van der Waals surface area contributed by atoms with Crippen LogP contribution in [0.5, 0.6) is 0 Å². The molecular weight excluding hydrogens is 799 g/mol. The lowest BCUT2D eigenvalue weighted by Gasteiger charge is -2.46. The maximum absolute atomic E-state index is 2.44. The highest BCUT2D eigenvalue weighted by Gasteiger charge is 2.47. The predicted octanol–water partition coefficient (Wildman–Crippen LogP) is 15.8. The molecule has 0 atom stereocenters. The molecule has 2 aliphatic heterocycles. The summed E-state index contributed by atoms with van der Waals surface area (Å²) in [6, 6.07) is 97.7. The van der Waals surface area contributed by atoms with E-state index in [9.17, 15) is 0 Å². The summed E-state index contributed by atoms with van der Waals surface area (Å²) in [4.78, 5) is 7.15. The summed E-state index contributed by atoms with van der Waals surface area (Å²) in [5.74, 6) is 0. The van der Waals surface area contributed by atoms with Crippen LogP contribution in [0.15, 0.2) is 267 Å². The summed E-state index contributed by atoms with van der Waals surface area (Å²) in [5, 5.41) is 0. The lowest BCUT2D eigenvalue weighted by Crippen LogP contribution is -2.37. The molecule has 0 saturated heterocycles. The number of rotatable bonds is 8.